The van der Waals surface area contributed by atoms with Gasteiger partial charge in [0, 0.05) is 69.1 Å². The molecule has 3 aliphatic rings. The van der Waals surface area contributed by atoms with E-state index in [4.69, 9.17) is 4.42 Å². The van der Waals surface area contributed by atoms with Crippen molar-refractivity contribution in [2.75, 3.05) is 33.7 Å². The molecule has 0 radical (unpaired) electrons. The van der Waals surface area contributed by atoms with E-state index in [1.54, 1.807) is 37.4 Å². The van der Waals surface area contributed by atoms with E-state index in [0.29, 0.717) is 38.0 Å². The van der Waals surface area contributed by atoms with Gasteiger partial charge in [-0.2, -0.15) is 0 Å². The lowest BCUT2D eigenvalue weighted by Gasteiger charge is -2.54. The van der Waals surface area contributed by atoms with Crippen molar-refractivity contribution in [3.63, 3.8) is 0 Å². The quantitative estimate of drug-likeness (QED) is 0.408. The van der Waals surface area contributed by atoms with Crippen molar-refractivity contribution in [1.29, 1.82) is 0 Å². The van der Waals surface area contributed by atoms with Gasteiger partial charge in [0.05, 0.1) is 24.3 Å². The number of nitrogens with one attached hydrogen (secondary N) is 2. The lowest BCUT2D eigenvalue weighted by molar-refractivity contribution is -0.164. The second kappa shape index (κ2) is 12.1. The van der Waals surface area contributed by atoms with E-state index >= 15 is 0 Å². The third-order valence-electron chi connectivity index (χ3n) is 10.0. The van der Waals surface area contributed by atoms with Gasteiger partial charge in [-0.25, -0.2) is 0 Å². The van der Waals surface area contributed by atoms with Crippen LogP contribution in [0.2, 0.25) is 0 Å². The number of rotatable bonds is 8. The zero-order chi connectivity index (χ0) is 31.0. The Bertz CT molecular complexity index is 1550. The molecule has 0 spiro atoms. The van der Waals surface area contributed by atoms with Gasteiger partial charge in [0.15, 0.2) is 0 Å². The zero-order valence-electron chi connectivity index (χ0n) is 26.0. The van der Waals surface area contributed by atoms with Crippen LogP contribution >= 0.6 is 0 Å². The molecule has 1 aromatic carbocycles. The SMILES string of the molecule is CN(C)C(=O)CCc1ccc2c3c([nH]c2c1)[C@]1(C)[C@@H](C(=O)N2CCCCC2)C[C@H](CC(=O)NCc2ccco2)C(=O)N1CC3. The Morgan fingerprint density at radius 3 is 2.64 bits per heavy atom. The van der Waals surface area contributed by atoms with Crippen LogP contribution in [0.1, 0.15) is 68.0 Å². The van der Waals surface area contributed by atoms with Gasteiger partial charge in [0.25, 0.3) is 0 Å². The van der Waals surface area contributed by atoms with Gasteiger partial charge < -0.3 is 29.4 Å². The topological polar surface area (TPSA) is 119 Å². The summed E-state index contributed by atoms with van der Waals surface area (Å²) in [5, 5.41) is 3.97. The number of carbonyl (C=O) groups is 4. The highest BCUT2D eigenvalue weighted by molar-refractivity contribution is 5.93. The summed E-state index contributed by atoms with van der Waals surface area (Å²) in [7, 11) is 3.53. The number of nitrogens with zero attached hydrogens (tertiary/aromatic N) is 3. The molecule has 0 aliphatic carbocycles. The standard InChI is InChI=1S/C34H43N5O5/c1-34-27(33(43)38-14-5-4-6-15-38)19-23(20-29(40)35-21-24-8-7-17-44-24)32(42)39(34)16-13-26-25-11-9-22(10-12-30(41)37(2)3)18-28(25)36-31(26)34/h7-9,11,17-18,23,27,36H,4-6,10,12-16,19-21H2,1-3H3,(H,35,40)/t23-,27-,34+/m1/s1. The fourth-order valence-electron chi connectivity index (χ4n) is 7.49. The first kappa shape index (κ1) is 30.0. The number of fused-ring (bicyclic) bond motifs is 5. The molecule has 44 heavy (non-hydrogen) atoms. The van der Waals surface area contributed by atoms with Crippen LogP contribution in [0.5, 0.6) is 0 Å². The molecule has 0 saturated carbocycles. The van der Waals surface area contributed by atoms with Crippen LogP contribution in [0.3, 0.4) is 0 Å². The molecule has 234 valence electrons. The number of aryl methyl sites for hydroxylation is 1. The molecule has 0 bridgehead atoms. The van der Waals surface area contributed by atoms with E-state index in [1.165, 1.54) is 0 Å². The molecule has 6 rings (SSSR count). The van der Waals surface area contributed by atoms with E-state index in [-0.39, 0.29) is 36.6 Å². The largest absolute Gasteiger partial charge is 0.467 e. The fourth-order valence-corrected chi connectivity index (χ4v) is 7.49. The number of amides is 4. The Kier molecular flexibility index (Phi) is 8.26. The van der Waals surface area contributed by atoms with Gasteiger partial charge >= 0.3 is 0 Å². The maximum Gasteiger partial charge on any atom is 0.228 e. The lowest BCUT2D eigenvalue weighted by atomic mass is 9.67. The normalized spacial score (nSPS) is 23.3. The Hall–Kier alpha value is -4.08. The van der Waals surface area contributed by atoms with Gasteiger partial charge in [0.2, 0.25) is 23.6 Å². The summed E-state index contributed by atoms with van der Waals surface area (Å²) in [6.07, 6.45) is 6.72. The van der Waals surface area contributed by atoms with Crippen LogP contribution in [-0.2, 0) is 44.1 Å². The summed E-state index contributed by atoms with van der Waals surface area (Å²) in [5.74, 6) is -0.556. The number of furan rings is 1. The molecule has 3 aliphatic heterocycles. The van der Waals surface area contributed by atoms with Gasteiger partial charge in [-0.1, -0.05) is 12.1 Å². The Balaban J connectivity index is 1.31. The highest BCUT2D eigenvalue weighted by atomic mass is 16.3. The molecule has 2 aromatic heterocycles. The minimum atomic E-state index is -0.861. The van der Waals surface area contributed by atoms with Gasteiger partial charge in [-0.3, -0.25) is 19.2 Å². The Morgan fingerprint density at radius 1 is 1.11 bits per heavy atom. The molecule has 4 amide bonds. The number of hydrogen-bond acceptors (Lipinski definition) is 5. The number of piperidine rings is 2. The van der Waals surface area contributed by atoms with E-state index in [0.717, 1.165) is 60.1 Å². The average molecular weight is 602 g/mol. The number of hydrogen-bond donors (Lipinski definition) is 2. The van der Waals surface area contributed by atoms with E-state index in [9.17, 15) is 19.2 Å². The van der Waals surface area contributed by atoms with E-state index in [1.807, 2.05) is 16.7 Å². The molecule has 10 heteroatoms. The van der Waals surface area contributed by atoms with Crippen molar-refractivity contribution in [2.45, 2.75) is 70.4 Å². The third kappa shape index (κ3) is 5.50. The highest BCUT2D eigenvalue weighted by Crippen LogP contribution is 2.50. The minimum absolute atomic E-state index is 0.0322. The molecule has 2 N–H and O–H groups in total. The summed E-state index contributed by atoms with van der Waals surface area (Å²) >= 11 is 0. The Morgan fingerprint density at radius 2 is 1.91 bits per heavy atom. The first-order valence-electron chi connectivity index (χ1n) is 15.9. The number of likely N-dealkylation sites (tertiary alicyclic amines) is 1. The van der Waals surface area contributed by atoms with E-state index in [2.05, 4.69) is 28.5 Å². The highest BCUT2D eigenvalue weighted by Gasteiger charge is 2.57. The van der Waals surface area contributed by atoms with Crippen molar-refractivity contribution < 1.29 is 23.6 Å². The summed E-state index contributed by atoms with van der Waals surface area (Å²) < 4.78 is 5.33. The van der Waals surface area contributed by atoms with Crippen LogP contribution in [-0.4, -0.2) is 77.0 Å². The molecule has 10 nitrogen and oxygen atoms in total. The average Bonchev–Trinajstić information content (AvgIpc) is 3.68. The van der Waals surface area contributed by atoms with Crippen LogP contribution in [0.4, 0.5) is 0 Å². The van der Waals surface area contributed by atoms with Gasteiger partial charge in [-0.15, -0.1) is 0 Å². The van der Waals surface area contributed by atoms with Crippen molar-refractivity contribution in [3.8, 4) is 0 Å². The molecule has 2 saturated heterocycles. The lowest BCUT2D eigenvalue weighted by Crippen LogP contribution is -2.64. The molecule has 3 aromatic rings. The molecule has 5 heterocycles. The summed E-state index contributed by atoms with van der Waals surface area (Å²) in [6, 6.07) is 9.85. The van der Waals surface area contributed by atoms with Gasteiger partial charge in [0.1, 0.15) is 5.76 Å². The van der Waals surface area contributed by atoms with Crippen molar-refractivity contribution >= 4 is 34.5 Å². The molecular formula is C34H43N5O5. The molecule has 2 fully saturated rings. The summed E-state index contributed by atoms with van der Waals surface area (Å²) in [6.45, 7) is 4.23. The van der Waals surface area contributed by atoms with Crippen molar-refractivity contribution in [3.05, 3.63) is 59.2 Å². The fraction of sp³-hybridized carbons (Fsp3) is 0.529. The number of aromatic nitrogens is 1. The first-order chi connectivity index (χ1) is 21.2. The number of carbonyl (C=O) groups excluding carboxylic acids is 4. The molecule has 0 unspecified atom stereocenters. The second-order valence-corrected chi connectivity index (χ2v) is 13.0. The first-order valence-corrected chi connectivity index (χ1v) is 15.9. The maximum absolute atomic E-state index is 14.3. The summed E-state index contributed by atoms with van der Waals surface area (Å²) in [4.78, 5) is 62.8. The predicted octanol–water partition coefficient (Wildman–Crippen LogP) is 3.74. The van der Waals surface area contributed by atoms with Crippen LogP contribution in [0, 0.1) is 11.8 Å². The van der Waals surface area contributed by atoms with Crippen molar-refractivity contribution in [2.24, 2.45) is 11.8 Å². The minimum Gasteiger partial charge on any atom is -0.467 e. The number of H-pyrrole nitrogens is 1. The van der Waals surface area contributed by atoms with Crippen molar-refractivity contribution in [1.82, 2.24) is 25.0 Å². The Labute approximate surface area is 258 Å². The number of benzene rings is 1. The van der Waals surface area contributed by atoms with E-state index < -0.39 is 17.4 Å². The third-order valence-corrected chi connectivity index (χ3v) is 10.0. The van der Waals surface area contributed by atoms with Crippen LogP contribution < -0.4 is 5.32 Å². The van der Waals surface area contributed by atoms with Crippen LogP contribution in [0.25, 0.3) is 10.9 Å². The summed E-state index contributed by atoms with van der Waals surface area (Å²) in [5.41, 5.74) is 3.23. The zero-order valence-corrected chi connectivity index (χ0v) is 26.0. The predicted molar refractivity (Wildman–Crippen MR) is 165 cm³/mol. The van der Waals surface area contributed by atoms with Crippen LogP contribution in [0.15, 0.2) is 41.0 Å². The smallest absolute Gasteiger partial charge is 0.228 e. The monoisotopic (exact) mass is 601 g/mol. The number of aromatic amines is 1. The van der Waals surface area contributed by atoms with Gasteiger partial charge in [-0.05, 0) is 74.8 Å². The molecule has 3 atom stereocenters. The molecular weight excluding hydrogens is 558 g/mol. The maximum atomic E-state index is 14.3. The second-order valence-electron chi connectivity index (χ2n) is 13.0.